The zero-order valence-electron chi connectivity index (χ0n) is 15.7. The number of tetrazole rings is 1. The molecule has 0 spiro atoms. The first-order chi connectivity index (χ1) is 13.5. The molecule has 28 heavy (non-hydrogen) atoms. The van der Waals surface area contributed by atoms with Crippen molar-refractivity contribution >= 4 is 39.3 Å². The van der Waals surface area contributed by atoms with Gasteiger partial charge >= 0.3 is 0 Å². The van der Waals surface area contributed by atoms with Gasteiger partial charge < -0.3 is 10.1 Å². The van der Waals surface area contributed by atoms with Gasteiger partial charge in [-0.15, -0.1) is 5.10 Å². The first kappa shape index (κ1) is 20.3. The smallest absolute Gasteiger partial charge is 0.237 e. The maximum atomic E-state index is 12.6. The van der Waals surface area contributed by atoms with Crippen molar-refractivity contribution in [3.05, 3.63) is 52.5 Å². The van der Waals surface area contributed by atoms with E-state index in [1.54, 1.807) is 4.68 Å². The number of aryl methyl sites for hydroxylation is 1. The summed E-state index contributed by atoms with van der Waals surface area (Å²) in [4.78, 5) is 12.6. The highest BCUT2D eigenvalue weighted by atomic mass is 79.9. The summed E-state index contributed by atoms with van der Waals surface area (Å²) in [6.45, 7) is 6.26. The van der Waals surface area contributed by atoms with E-state index >= 15 is 0 Å². The summed E-state index contributed by atoms with van der Waals surface area (Å²) in [5, 5.41) is 14.9. The van der Waals surface area contributed by atoms with Crippen molar-refractivity contribution in [3.63, 3.8) is 0 Å². The van der Waals surface area contributed by atoms with Crippen LogP contribution in [-0.2, 0) is 4.79 Å². The fourth-order valence-corrected chi connectivity index (χ4v) is 3.87. The number of amides is 1. The highest BCUT2D eigenvalue weighted by Crippen LogP contribution is 2.29. The molecule has 146 valence electrons. The van der Waals surface area contributed by atoms with Crippen LogP contribution in [0.25, 0.3) is 5.69 Å². The number of carbonyl (C=O) groups excluding carboxylic acids is 1. The van der Waals surface area contributed by atoms with Crippen LogP contribution in [0, 0.1) is 6.92 Å². The SMILES string of the molecule is CCOc1ccccc1-n1nnnc1SC(C)C(=O)Nc1ccc(C)cc1Br. The number of hydrogen-bond acceptors (Lipinski definition) is 6. The molecule has 0 aliphatic rings. The summed E-state index contributed by atoms with van der Waals surface area (Å²) in [6.07, 6.45) is 0. The predicted molar refractivity (Wildman–Crippen MR) is 113 cm³/mol. The molecule has 0 saturated heterocycles. The largest absolute Gasteiger partial charge is 0.492 e. The van der Waals surface area contributed by atoms with E-state index in [4.69, 9.17) is 4.74 Å². The molecule has 1 N–H and O–H groups in total. The van der Waals surface area contributed by atoms with Crippen molar-refractivity contribution in [2.45, 2.75) is 31.2 Å². The Morgan fingerprint density at radius 2 is 2.11 bits per heavy atom. The molecule has 2 aromatic carbocycles. The summed E-state index contributed by atoms with van der Waals surface area (Å²) in [6, 6.07) is 13.3. The van der Waals surface area contributed by atoms with Crippen LogP contribution in [0.1, 0.15) is 19.4 Å². The molecule has 1 unspecified atom stereocenters. The molecule has 7 nitrogen and oxygen atoms in total. The van der Waals surface area contributed by atoms with E-state index in [2.05, 4.69) is 36.8 Å². The Hall–Kier alpha value is -2.39. The standard InChI is InChI=1S/C19H20BrN5O2S/c1-4-27-17-8-6-5-7-16(17)25-19(22-23-24-25)28-13(3)18(26)21-15-10-9-12(2)11-14(15)20/h5-11,13H,4H2,1-3H3,(H,21,26). The number of halogens is 1. The van der Waals surface area contributed by atoms with Crippen molar-refractivity contribution in [1.82, 2.24) is 20.2 Å². The van der Waals surface area contributed by atoms with E-state index in [1.807, 2.05) is 63.2 Å². The van der Waals surface area contributed by atoms with Crippen molar-refractivity contribution in [1.29, 1.82) is 0 Å². The van der Waals surface area contributed by atoms with E-state index in [0.29, 0.717) is 17.5 Å². The van der Waals surface area contributed by atoms with E-state index in [1.165, 1.54) is 11.8 Å². The monoisotopic (exact) mass is 461 g/mol. The van der Waals surface area contributed by atoms with Gasteiger partial charge in [-0.2, -0.15) is 4.68 Å². The topological polar surface area (TPSA) is 81.9 Å². The van der Waals surface area contributed by atoms with Gasteiger partial charge in [-0.05, 0) is 77.0 Å². The van der Waals surface area contributed by atoms with Gasteiger partial charge in [-0.1, -0.05) is 30.0 Å². The summed E-state index contributed by atoms with van der Waals surface area (Å²) in [7, 11) is 0. The summed E-state index contributed by atoms with van der Waals surface area (Å²) in [5.74, 6) is 0.544. The molecule has 0 bridgehead atoms. The van der Waals surface area contributed by atoms with Crippen LogP contribution in [0.5, 0.6) is 5.75 Å². The Morgan fingerprint density at radius 3 is 2.86 bits per heavy atom. The quantitative estimate of drug-likeness (QED) is 0.529. The molecule has 1 atom stereocenters. The number of para-hydroxylation sites is 2. The van der Waals surface area contributed by atoms with Crippen LogP contribution in [0.4, 0.5) is 5.69 Å². The number of aromatic nitrogens is 4. The second-order valence-corrected chi connectivity index (χ2v) is 8.17. The first-order valence-corrected chi connectivity index (χ1v) is 10.4. The van der Waals surface area contributed by atoms with Crippen LogP contribution in [0.2, 0.25) is 0 Å². The Morgan fingerprint density at radius 1 is 1.32 bits per heavy atom. The molecule has 1 aromatic heterocycles. The Bertz CT molecular complexity index is 978. The van der Waals surface area contributed by atoms with Gasteiger partial charge in [0.15, 0.2) is 0 Å². The van der Waals surface area contributed by atoms with Gasteiger partial charge in [-0.25, -0.2) is 0 Å². The Balaban J connectivity index is 1.76. The Kier molecular flexibility index (Phi) is 6.69. The number of anilines is 1. The third kappa shape index (κ3) is 4.71. The molecule has 3 rings (SSSR count). The van der Waals surface area contributed by atoms with Crippen molar-refractivity contribution in [3.8, 4) is 11.4 Å². The lowest BCUT2D eigenvalue weighted by Gasteiger charge is -2.14. The number of ether oxygens (including phenoxy) is 1. The lowest BCUT2D eigenvalue weighted by molar-refractivity contribution is -0.115. The zero-order chi connectivity index (χ0) is 20.1. The van der Waals surface area contributed by atoms with Gasteiger partial charge in [0.1, 0.15) is 11.4 Å². The van der Waals surface area contributed by atoms with Gasteiger partial charge in [-0.3, -0.25) is 4.79 Å². The normalized spacial score (nSPS) is 11.9. The minimum absolute atomic E-state index is 0.137. The van der Waals surface area contributed by atoms with E-state index in [-0.39, 0.29) is 5.91 Å². The van der Waals surface area contributed by atoms with Gasteiger partial charge in [0.2, 0.25) is 11.1 Å². The number of rotatable bonds is 7. The predicted octanol–water partition coefficient (Wildman–Crippen LogP) is 4.25. The molecule has 9 heteroatoms. The number of benzene rings is 2. The third-order valence-corrected chi connectivity index (χ3v) is 5.56. The van der Waals surface area contributed by atoms with E-state index in [9.17, 15) is 4.79 Å². The lowest BCUT2D eigenvalue weighted by Crippen LogP contribution is -2.23. The third-order valence-electron chi connectivity index (χ3n) is 3.87. The molecular weight excluding hydrogens is 442 g/mol. The highest BCUT2D eigenvalue weighted by molar-refractivity contribution is 9.10. The zero-order valence-corrected chi connectivity index (χ0v) is 18.1. The van der Waals surface area contributed by atoms with Crippen LogP contribution in [-0.4, -0.2) is 38.0 Å². The molecule has 0 aliphatic carbocycles. The number of carbonyl (C=O) groups is 1. The van der Waals surface area contributed by atoms with Gasteiger partial charge in [0, 0.05) is 4.47 Å². The maximum absolute atomic E-state index is 12.6. The number of nitrogens with zero attached hydrogens (tertiary/aromatic N) is 4. The molecule has 0 saturated carbocycles. The van der Waals surface area contributed by atoms with E-state index < -0.39 is 5.25 Å². The van der Waals surface area contributed by atoms with Crippen molar-refractivity contribution < 1.29 is 9.53 Å². The average Bonchev–Trinajstić information content (AvgIpc) is 3.12. The minimum Gasteiger partial charge on any atom is -0.492 e. The average molecular weight is 462 g/mol. The fourth-order valence-electron chi connectivity index (χ4n) is 2.48. The molecule has 1 heterocycles. The van der Waals surface area contributed by atoms with E-state index in [0.717, 1.165) is 21.4 Å². The molecule has 0 fully saturated rings. The fraction of sp³-hybridized carbons (Fsp3) is 0.263. The summed E-state index contributed by atoms with van der Waals surface area (Å²) in [5.41, 5.74) is 2.56. The number of hydrogen-bond donors (Lipinski definition) is 1. The molecule has 0 aliphatic heterocycles. The number of thioether (sulfide) groups is 1. The van der Waals surface area contributed by atoms with Crippen LogP contribution in [0.15, 0.2) is 52.1 Å². The second kappa shape index (κ2) is 9.20. The Labute approximate surface area is 176 Å². The lowest BCUT2D eigenvalue weighted by atomic mass is 10.2. The first-order valence-electron chi connectivity index (χ1n) is 8.74. The van der Waals surface area contributed by atoms with Crippen molar-refractivity contribution in [2.24, 2.45) is 0 Å². The summed E-state index contributed by atoms with van der Waals surface area (Å²) >= 11 is 4.76. The minimum atomic E-state index is -0.405. The van der Waals surface area contributed by atoms with Crippen LogP contribution < -0.4 is 10.1 Å². The van der Waals surface area contributed by atoms with Gasteiger partial charge in [0.25, 0.3) is 0 Å². The van der Waals surface area contributed by atoms with Crippen LogP contribution in [0.3, 0.4) is 0 Å². The highest BCUT2D eigenvalue weighted by Gasteiger charge is 2.21. The van der Waals surface area contributed by atoms with Gasteiger partial charge in [0.05, 0.1) is 17.5 Å². The van der Waals surface area contributed by atoms with Crippen LogP contribution >= 0.6 is 27.7 Å². The van der Waals surface area contributed by atoms with Crippen molar-refractivity contribution in [2.75, 3.05) is 11.9 Å². The molecular formula is C19H20BrN5O2S. The molecule has 3 aromatic rings. The maximum Gasteiger partial charge on any atom is 0.237 e. The second-order valence-electron chi connectivity index (χ2n) is 6.01. The molecule has 0 radical (unpaired) electrons. The molecule has 1 amide bonds. The summed E-state index contributed by atoms with van der Waals surface area (Å²) < 4.78 is 8.09. The number of nitrogens with one attached hydrogen (secondary N) is 1.